The highest BCUT2D eigenvalue weighted by atomic mass is 35.5. The zero-order chi connectivity index (χ0) is 18.8. The molecule has 1 aliphatic heterocycles. The summed E-state index contributed by atoms with van der Waals surface area (Å²) in [6.45, 7) is 1.75. The van der Waals surface area contributed by atoms with E-state index in [2.05, 4.69) is 5.32 Å². The molecule has 144 valence electrons. The van der Waals surface area contributed by atoms with Crippen molar-refractivity contribution in [1.82, 2.24) is 5.32 Å². The minimum absolute atomic E-state index is 0.0276. The summed E-state index contributed by atoms with van der Waals surface area (Å²) in [4.78, 5) is 23.5. The topological polar surface area (TPSA) is 75.6 Å². The first kappa shape index (κ1) is 20.7. The maximum Gasteiger partial charge on any atom is 0.303 e. The largest absolute Gasteiger partial charge is 0.481 e. The summed E-state index contributed by atoms with van der Waals surface area (Å²) in [6.07, 6.45) is 6.02. The number of carbonyl (C=O) groups excluding carboxylic acids is 1. The number of unbranched alkanes of at least 4 members (excludes halogenated alkanes) is 4. The third kappa shape index (κ3) is 5.71. The van der Waals surface area contributed by atoms with Crippen LogP contribution in [0.4, 0.5) is 0 Å². The van der Waals surface area contributed by atoms with Crippen LogP contribution in [0.25, 0.3) is 0 Å². The van der Waals surface area contributed by atoms with E-state index in [1.54, 1.807) is 0 Å². The molecule has 0 unspecified atom stereocenters. The molecule has 0 saturated carbocycles. The van der Waals surface area contributed by atoms with Gasteiger partial charge in [-0.15, -0.1) is 0 Å². The van der Waals surface area contributed by atoms with Gasteiger partial charge in [0.1, 0.15) is 0 Å². The molecule has 1 aromatic carbocycles. The van der Waals surface area contributed by atoms with Gasteiger partial charge in [0.25, 0.3) is 0 Å². The van der Waals surface area contributed by atoms with Crippen molar-refractivity contribution < 1.29 is 19.4 Å². The molecule has 2 rings (SSSR count). The maximum atomic E-state index is 13.0. The Hall–Kier alpha value is -1.59. The highest BCUT2D eigenvalue weighted by Gasteiger charge is 2.42. The molecule has 1 amide bonds. The second kappa shape index (κ2) is 10.5. The quantitative estimate of drug-likeness (QED) is 0.602. The van der Waals surface area contributed by atoms with Gasteiger partial charge in [0.15, 0.2) is 0 Å². The Morgan fingerprint density at radius 1 is 1.08 bits per heavy atom. The predicted octanol–water partition coefficient (Wildman–Crippen LogP) is 3.93. The number of hydrogen-bond acceptors (Lipinski definition) is 3. The van der Waals surface area contributed by atoms with E-state index in [0.29, 0.717) is 37.6 Å². The monoisotopic (exact) mass is 381 g/mol. The van der Waals surface area contributed by atoms with Crippen molar-refractivity contribution in [1.29, 1.82) is 0 Å². The summed E-state index contributed by atoms with van der Waals surface area (Å²) >= 11 is 6.38. The van der Waals surface area contributed by atoms with Crippen LogP contribution >= 0.6 is 11.6 Å². The number of carbonyl (C=O) groups is 2. The Balaban J connectivity index is 1.83. The number of rotatable bonds is 10. The highest BCUT2D eigenvalue weighted by molar-refractivity contribution is 6.31. The Kier molecular flexibility index (Phi) is 8.39. The lowest BCUT2D eigenvalue weighted by Gasteiger charge is -2.36. The lowest BCUT2D eigenvalue weighted by atomic mass is 9.73. The molecule has 1 saturated heterocycles. The van der Waals surface area contributed by atoms with E-state index in [4.69, 9.17) is 21.4 Å². The summed E-state index contributed by atoms with van der Waals surface area (Å²) < 4.78 is 5.47. The Morgan fingerprint density at radius 3 is 2.42 bits per heavy atom. The van der Waals surface area contributed by atoms with Crippen LogP contribution in [0.3, 0.4) is 0 Å². The number of hydrogen-bond donors (Lipinski definition) is 2. The number of aliphatic carboxylic acids is 1. The summed E-state index contributed by atoms with van der Waals surface area (Å²) in [5.74, 6) is -0.710. The molecular weight excluding hydrogens is 354 g/mol. The van der Waals surface area contributed by atoms with Crippen molar-refractivity contribution in [2.24, 2.45) is 0 Å². The number of benzene rings is 1. The maximum absolute atomic E-state index is 13.0. The Bertz CT molecular complexity index is 599. The van der Waals surface area contributed by atoms with Crippen molar-refractivity contribution in [3.8, 4) is 0 Å². The van der Waals surface area contributed by atoms with E-state index in [1.165, 1.54) is 0 Å². The minimum Gasteiger partial charge on any atom is -0.481 e. The number of carboxylic acids is 1. The number of halogens is 1. The van der Waals surface area contributed by atoms with Crippen molar-refractivity contribution >= 4 is 23.5 Å². The molecule has 1 aromatic rings. The molecule has 0 atom stereocenters. The molecule has 2 N–H and O–H groups in total. The van der Waals surface area contributed by atoms with Crippen molar-refractivity contribution in [2.75, 3.05) is 19.8 Å². The summed E-state index contributed by atoms with van der Waals surface area (Å²) in [5, 5.41) is 12.3. The van der Waals surface area contributed by atoms with Gasteiger partial charge >= 0.3 is 5.97 Å². The van der Waals surface area contributed by atoms with Crippen LogP contribution in [-0.2, 0) is 19.7 Å². The zero-order valence-corrected chi connectivity index (χ0v) is 15.9. The molecule has 0 radical (unpaired) electrons. The van der Waals surface area contributed by atoms with Crippen LogP contribution in [0.15, 0.2) is 24.3 Å². The second-order valence-electron chi connectivity index (χ2n) is 6.84. The van der Waals surface area contributed by atoms with Gasteiger partial charge in [-0.3, -0.25) is 9.59 Å². The SMILES string of the molecule is O=C(O)CCCCCCCNC(=O)C1(c2ccccc2Cl)CCOCC1. The van der Waals surface area contributed by atoms with Crippen LogP contribution < -0.4 is 5.32 Å². The zero-order valence-electron chi connectivity index (χ0n) is 15.1. The predicted molar refractivity (Wildman–Crippen MR) is 102 cm³/mol. The molecule has 0 aliphatic carbocycles. The third-order valence-corrected chi connectivity index (χ3v) is 5.35. The molecule has 1 fully saturated rings. The smallest absolute Gasteiger partial charge is 0.303 e. The molecule has 1 aliphatic rings. The molecule has 0 aromatic heterocycles. The summed E-state index contributed by atoms with van der Waals surface area (Å²) in [7, 11) is 0. The van der Waals surface area contributed by atoms with E-state index in [9.17, 15) is 9.59 Å². The average Bonchev–Trinajstić information content (AvgIpc) is 2.64. The average molecular weight is 382 g/mol. The lowest BCUT2D eigenvalue weighted by Crippen LogP contribution is -2.48. The molecule has 6 heteroatoms. The molecule has 0 spiro atoms. The summed E-state index contributed by atoms with van der Waals surface area (Å²) in [6, 6.07) is 7.57. The first-order valence-corrected chi connectivity index (χ1v) is 9.77. The molecular formula is C20H28ClNO4. The van der Waals surface area contributed by atoms with Gasteiger partial charge in [-0.05, 0) is 37.3 Å². The van der Waals surface area contributed by atoms with Crippen molar-refractivity contribution in [2.45, 2.75) is 56.8 Å². The van der Waals surface area contributed by atoms with Crippen LogP contribution in [0.5, 0.6) is 0 Å². The Labute approximate surface area is 160 Å². The Morgan fingerprint density at radius 2 is 1.73 bits per heavy atom. The van der Waals surface area contributed by atoms with Crippen molar-refractivity contribution in [3.05, 3.63) is 34.9 Å². The number of ether oxygens (including phenoxy) is 1. The number of nitrogens with one attached hydrogen (secondary N) is 1. The van der Waals surface area contributed by atoms with E-state index >= 15 is 0 Å². The van der Waals surface area contributed by atoms with E-state index in [0.717, 1.165) is 37.7 Å². The molecule has 26 heavy (non-hydrogen) atoms. The van der Waals surface area contributed by atoms with Gasteiger partial charge in [-0.25, -0.2) is 0 Å². The van der Waals surface area contributed by atoms with Crippen LogP contribution in [-0.4, -0.2) is 36.7 Å². The highest BCUT2D eigenvalue weighted by Crippen LogP contribution is 2.38. The van der Waals surface area contributed by atoms with E-state index in [1.807, 2.05) is 24.3 Å². The van der Waals surface area contributed by atoms with E-state index in [-0.39, 0.29) is 12.3 Å². The van der Waals surface area contributed by atoms with Crippen LogP contribution in [0.1, 0.15) is 56.9 Å². The van der Waals surface area contributed by atoms with Crippen LogP contribution in [0, 0.1) is 0 Å². The first-order chi connectivity index (χ1) is 12.6. The van der Waals surface area contributed by atoms with Gasteiger partial charge < -0.3 is 15.2 Å². The minimum atomic E-state index is -0.737. The van der Waals surface area contributed by atoms with Gasteiger partial charge in [-0.1, -0.05) is 49.1 Å². The normalized spacial score (nSPS) is 16.2. The fourth-order valence-electron chi connectivity index (χ4n) is 3.49. The van der Waals surface area contributed by atoms with Gasteiger partial charge in [0.05, 0.1) is 5.41 Å². The van der Waals surface area contributed by atoms with Gasteiger partial charge in [0.2, 0.25) is 5.91 Å². The number of amides is 1. The molecule has 0 bridgehead atoms. The second-order valence-corrected chi connectivity index (χ2v) is 7.25. The lowest BCUT2D eigenvalue weighted by molar-refractivity contribution is -0.137. The fourth-order valence-corrected chi connectivity index (χ4v) is 3.81. The van der Waals surface area contributed by atoms with Gasteiger partial charge in [0, 0.05) is 31.2 Å². The molecule has 1 heterocycles. The first-order valence-electron chi connectivity index (χ1n) is 9.39. The van der Waals surface area contributed by atoms with E-state index < -0.39 is 11.4 Å². The standard InChI is InChI=1S/C20H28ClNO4/c21-17-9-6-5-8-16(17)20(11-14-26-15-12-20)19(25)22-13-7-3-1-2-4-10-18(23)24/h5-6,8-9H,1-4,7,10-15H2,(H,22,25)(H,23,24). The van der Waals surface area contributed by atoms with Crippen LogP contribution in [0.2, 0.25) is 5.02 Å². The third-order valence-electron chi connectivity index (χ3n) is 5.02. The summed E-state index contributed by atoms with van der Waals surface area (Å²) in [5.41, 5.74) is 0.272. The van der Waals surface area contributed by atoms with Crippen molar-refractivity contribution in [3.63, 3.8) is 0 Å². The fraction of sp³-hybridized carbons (Fsp3) is 0.600. The molecule has 5 nitrogen and oxygen atoms in total. The van der Waals surface area contributed by atoms with Gasteiger partial charge in [-0.2, -0.15) is 0 Å². The number of carboxylic acid groups (broad SMARTS) is 1.